The molecule has 0 saturated heterocycles. The zero-order valence-electron chi connectivity index (χ0n) is 10.7. The second-order valence-electron chi connectivity index (χ2n) is 3.96. The number of nitrogens with one attached hydrogen (secondary N) is 2. The minimum Gasteiger partial charge on any atom is -0.480 e. The van der Waals surface area contributed by atoms with Crippen molar-refractivity contribution in [2.45, 2.75) is 39.7 Å². The topological polar surface area (TPSA) is 78.4 Å². The van der Waals surface area contributed by atoms with Gasteiger partial charge in [0.2, 0.25) is 0 Å². The van der Waals surface area contributed by atoms with Gasteiger partial charge in [-0.05, 0) is 19.3 Å². The Balaban J connectivity index is 4.09. The summed E-state index contributed by atoms with van der Waals surface area (Å²) in [6, 6.07) is -1.26. The molecule has 0 aliphatic heterocycles. The van der Waals surface area contributed by atoms with Crippen LogP contribution in [0.2, 0.25) is 0 Å². The lowest BCUT2D eigenvalue weighted by Gasteiger charge is -2.20. The molecule has 0 aromatic heterocycles. The van der Waals surface area contributed by atoms with Crippen molar-refractivity contribution < 1.29 is 14.7 Å². The molecule has 0 fully saturated rings. The van der Waals surface area contributed by atoms with Crippen LogP contribution in [0.15, 0.2) is 12.2 Å². The van der Waals surface area contributed by atoms with Gasteiger partial charge in [0.15, 0.2) is 0 Å². The molecule has 17 heavy (non-hydrogen) atoms. The number of amides is 2. The molecule has 0 aromatic rings. The molecule has 0 aliphatic carbocycles. The highest BCUT2D eigenvalue weighted by atomic mass is 16.4. The maximum atomic E-state index is 11.4. The zero-order valence-corrected chi connectivity index (χ0v) is 10.7. The van der Waals surface area contributed by atoms with Crippen LogP contribution in [0.1, 0.15) is 33.6 Å². The Bertz CT molecular complexity index is 277. The molecule has 0 heterocycles. The summed E-state index contributed by atoms with van der Waals surface area (Å²) in [4.78, 5) is 22.4. The molecule has 0 saturated carbocycles. The van der Waals surface area contributed by atoms with Crippen LogP contribution in [0.5, 0.6) is 0 Å². The molecular formula is C12H22N2O3. The number of carboxylic acids is 1. The first-order valence-corrected chi connectivity index (χ1v) is 5.91. The van der Waals surface area contributed by atoms with Crippen molar-refractivity contribution in [3.63, 3.8) is 0 Å². The van der Waals surface area contributed by atoms with Crippen molar-refractivity contribution in [3.05, 3.63) is 12.2 Å². The molecule has 0 rings (SSSR count). The number of urea groups is 1. The standard InChI is InChI=1S/C12H22N2O3/c1-4-6-7-8-13-12(17)14-10(11(15)16)9(3)5-2/h4,6,9-10H,5,7-8H2,1-3H3,(H,15,16)(H2,13,14,17)/b6-4+. The van der Waals surface area contributed by atoms with Crippen LogP contribution in [-0.2, 0) is 4.79 Å². The third kappa shape index (κ3) is 6.60. The predicted octanol–water partition coefficient (Wildman–Crippen LogP) is 1.75. The van der Waals surface area contributed by atoms with Crippen molar-refractivity contribution >= 4 is 12.0 Å². The second-order valence-corrected chi connectivity index (χ2v) is 3.96. The van der Waals surface area contributed by atoms with E-state index >= 15 is 0 Å². The van der Waals surface area contributed by atoms with Crippen LogP contribution in [0.3, 0.4) is 0 Å². The number of carboxylic acid groups (broad SMARTS) is 1. The van der Waals surface area contributed by atoms with Gasteiger partial charge < -0.3 is 15.7 Å². The highest BCUT2D eigenvalue weighted by Crippen LogP contribution is 2.07. The van der Waals surface area contributed by atoms with Crippen LogP contribution in [-0.4, -0.2) is 29.7 Å². The SMILES string of the molecule is C/C=C/CCNC(=O)NC(C(=O)O)C(C)CC. The molecule has 2 amide bonds. The Morgan fingerprint density at radius 2 is 2.06 bits per heavy atom. The lowest BCUT2D eigenvalue weighted by atomic mass is 9.99. The molecule has 5 heteroatoms. The first kappa shape index (κ1) is 15.5. The Morgan fingerprint density at radius 1 is 1.41 bits per heavy atom. The van der Waals surface area contributed by atoms with Crippen molar-refractivity contribution in [2.24, 2.45) is 5.92 Å². The van der Waals surface area contributed by atoms with E-state index < -0.39 is 18.0 Å². The normalized spacial score (nSPS) is 14.3. The molecule has 0 bridgehead atoms. The number of carbonyl (C=O) groups is 2. The molecule has 98 valence electrons. The van der Waals surface area contributed by atoms with E-state index in [4.69, 9.17) is 5.11 Å². The van der Waals surface area contributed by atoms with Crippen LogP contribution >= 0.6 is 0 Å². The first-order valence-electron chi connectivity index (χ1n) is 5.91. The maximum Gasteiger partial charge on any atom is 0.326 e. The summed E-state index contributed by atoms with van der Waals surface area (Å²) in [6.07, 6.45) is 5.28. The van der Waals surface area contributed by atoms with Crippen molar-refractivity contribution in [2.75, 3.05) is 6.54 Å². The van der Waals surface area contributed by atoms with Gasteiger partial charge in [0, 0.05) is 6.54 Å². The van der Waals surface area contributed by atoms with E-state index in [0.717, 1.165) is 6.42 Å². The van der Waals surface area contributed by atoms with Crippen LogP contribution in [0.25, 0.3) is 0 Å². The second kappa shape index (κ2) is 8.61. The third-order valence-electron chi connectivity index (χ3n) is 2.60. The number of allylic oxidation sites excluding steroid dienone is 1. The van der Waals surface area contributed by atoms with Crippen molar-refractivity contribution in [1.29, 1.82) is 0 Å². The van der Waals surface area contributed by atoms with Gasteiger partial charge in [0.1, 0.15) is 6.04 Å². The van der Waals surface area contributed by atoms with Gasteiger partial charge >= 0.3 is 12.0 Å². The van der Waals surface area contributed by atoms with Gasteiger partial charge in [-0.1, -0.05) is 32.4 Å². The molecule has 3 N–H and O–H groups in total. The van der Waals surface area contributed by atoms with Crippen LogP contribution in [0.4, 0.5) is 4.79 Å². The fraction of sp³-hybridized carbons (Fsp3) is 0.667. The molecule has 0 spiro atoms. The molecule has 2 atom stereocenters. The maximum absolute atomic E-state index is 11.4. The van der Waals surface area contributed by atoms with Crippen molar-refractivity contribution in [1.82, 2.24) is 10.6 Å². The van der Waals surface area contributed by atoms with E-state index in [9.17, 15) is 9.59 Å². The number of hydrogen-bond acceptors (Lipinski definition) is 2. The summed E-state index contributed by atoms with van der Waals surface area (Å²) in [5, 5.41) is 14.1. The largest absolute Gasteiger partial charge is 0.480 e. The van der Waals surface area contributed by atoms with Crippen LogP contribution in [0, 0.1) is 5.92 Å². The van der Waals surface area contributed by atoms with E-state index in [1.54, 1.807) is 6.92 Å². The van der Waals surface area contributed by atoms with Gasteiger partial charge in [-0.3, -0.25) is 0 Å². The summed E-state index contributed by atoms with van der Waals surface area (Å²) in [6.45, 7) is 6.11. The molecule has 0 aliphatic rings. The number of hydrogen-bond donors (Lipinski definition) is 3. The average molecular weight is 242 g/mol. The van der Waals surface area contributed by atoms with E-state index in [0.29, 0.717) is 13.0 Å². The van der Waals surface area contributed by atoms with E-state index in [2.05, 4.69) is 10.6 Å². The first-order chi connectivity index (χ1) is 8.02. The molecule has 0 aromatic carbocycles. The number of aliphatic carboxylic acids is 1. The van der Waals surface area contributed by atoms with Gasteiger partial charge in [0.25, 0.3) is 0 Å². The Hall–Kier alpha value is -1.52. The molecular weight excluding hydrogens is 220 g/mol. The quantitative estimate of drug-likeness (QED) is 0.470. The third-order valence-corrected chi connectivity index (χ3v) is 2.60. The number of rotatable bonds is 7. The number of carbonyl (C=O) groups excluding carboxylic acids is 1. The molecule has 0 radical (unpaired) electrons. The lowest BCUT2D eigenvalue weighted by molar-refractivity contribution is -0.140. The fourth-order valence-electron chi connectivity index (χ4n) is 1.31. The summed E-state index contributed by atoms with van der Waals surface area (Å²) < 4.78 is 0. The van der Waals surface area contributed by atoms with Gasteiger partial charge in [0.05, 0.1) is 0 Å². The average Bonchev–Trinajstić information content (AvgIpc) is 2.30. The highest BCUT2D eigenvalue weighted by molar-refractivity contribution is 5.82. The lowest BCUT2D eigenvalue weighted by Crippen LogP contribution is -2.49. The van der Waals surface area contributed by atoms with Gasteiger partial charge in [-0.2, -0.15) is 0 Å². The Labute approximate surface area is 102 Å². The smallest absolute Gasteiger partial charge is 0.326 e. The molecule has 5 nitrogen and oxygen atoms in total. The summed E-state index contributed by atoms with van der Waals surface area (Å²) in [5.41, 5.74) is 0. The van der Waals surface area contributed by atoms with E-state index in [1.807, 2.05) is 26.0 Å². The molecule has 2 unspecified atom stereocenters. The highest BCUT2D eigenvalue weighted by Gasteiger charge is 2.24. The zero-order chi connectivity index (χ0) is 13.3. The Kier molecular flexibility index (Phi) is 7.84. The monoisotopic (exact) mass is 242 g/mol. The summed E-state index contributed by atoms with van der Waals surface area (Å²) >= 11 is 0. The van der Waals surface area contributed by atoms with Gasteiger partial charge in [-0.25, -0.2) is 9.59 Å². The minimum absolute atomic E-state index is 0.0891. The summed E-state index contributed by atoms with van der Waals surface area (Å²) in [7, 11) is 0. The van der Waals surface area contributed by atoms with Crippen molar-refractivity contribution in [3.8, 4) is 0 Å². The predicted molar refractivity (Wildman–Crippen MR) is 66.8 cm³/mol. The van der Waals surface area contributed by atoms with E-state index in [1.165, 1.54) is 0 Å². The van der Waals surface area contributed by atoms with Gasteiger partial charge in [-0.15, -0.1) is 0 Å². The van der Waals surface area contributed by atoms with E-state index in [-0.39, 0.29) is 5.92 Å². The Morgan fingerprint density at radius 3 is 2.53 bits per heavy atom. The minimum atomic E-state index is -0.997. The summed E-state index contributed by atoms with van der Waals surface area (Å²) in [5.74, 6) is -1.09. The van der Waals surface area contributed by atoms with Crippen LogP contribution < -0.4 is 10.6 Å². The fourth-order valence-corrected chi connectivity index (χ4v) is 1.31.